The summed E-state index contributed by atoms with van der Waals surface area (Å²) in [7, 11) is 3.30. The number of carbonyl (C=O) groups excluding carboxylic acids is 1. The summed E-state index contributed by atoms with van der Waals surface area (Å²) >= 11 is 3.22. The monoisotopic (exact) mass is 492 g/mol. The Balaban J connectivity index is 2.06. The molecule has 10 heteroatoms. The molecule has 0 fully saturated rings. The minimum Gasteiger partial charge on any atom is -0.493 e. The number of aliphatic hydroxyl groups is 1. The number of methoxy groups -OCH3 is 1. The van der Waals surface area contributed by atoms with Gasteiger partial charge in [0.2, 0.25) is 0 Å². The number of hydrogen-bond donors (Lipinski definition) is 2. The van der Waals surface area contributed by atoms with E-state index in [2.05, 4.69) is 31.2 Å². The number of benzene rings is 2. The lowest BCUT2D eigenvalue weighted by molar-refractivity contribution is -0.132. The molecule has 0 saturated carbocycles. The third kappa shape index (κ3) is 5.46. The third-order valence-electron chi connectivity index (χ3n) is 4.50. The summed E-state index contributed by atoms with van der Waals surface area (Å²) in [6.07, 6.45) is 1.39. The largest absolute Gasteiger partial charge is 0.493 e. The first-order valence-electron chi connectivity index (χ1n) is 9.38. The Kier molecular flexibility index (Phi) is 7.37. The van der Waals surface area contributed by atoms with Gasteiger partial charge >= 0.3 is 5.97 Å². The lowest BCUT2D eigenvalue weighted by Gasteiger charge is -2.19. The molecule has 0 aliphatic carbocycles. The van der Waals surface area contributed by atoms with Crippen LogP contribution in [0, 0.1) is 5.82 Å². The summed E-state index contributed by atoms with van der Waals surface area (Å²) in [4.78, 5) is 21.9. The van der Waals surface area contributed by atoms with E-state index in [-0.39, 0.29) is 12.4 Å². The summed E-state index contributed by atoms with van der Waals surface area (Å²) in [6.45, 7) is 2.15. The molecule has 0 aliphatic heterocycles. The predicted octanol–water partition coefficient (Wildman–Crippen LogP) is 3.63. The van der Waals surface area contributed by atoms with E-state index in [1.807, 2.05) is 11.9 Å². The van der Waals surface area contributed by atoms with Crippen molar-refractivity contribution in [3.63, 3.8) is 0 Å². The molecule has 0 unspecified atom stereocenters. The SMILES string of the molecule is COc1cc2ncnc(Nc3cc(Br)c(F)cc3CN(C)CCO)c2cc1OC(C)=O. The molecule has 0 amide bonds. The average Bonchev–Trinajstić information content (AvgIpc) is 2.71. The fraction of sp³-hybridized carbons (Fsp3) is 0.286. The number of aliphatic hydroxyl groups excluding tert-OH is 1. The lowest BCUT2D eigenvalue weighted by atomic mass is 10.1. The molecule has 0 bridgehead atoms. The Morgan fingerprint density at radius 2 is 2.03 bits per heavy atom. The summed E-state index contributed by atoms with van der Waals surface area (Å²) in [5.74, 6) is 0.172. The maximum atomic E-state index is 14.2. The van der Waals surface area contributed by atoms with Crippen molar-refractivity contribution in [2.45, 2.75) is 13.5 Å². The molecule has 2 N–H and O–H groups in total. The van der Waals surface area contributed by atoms with Crippen molar-refractivity contribution in [3.8, 4) is 11.5 Å². The topological polar surface area (TPSA) is 96.8 Å². The molecule has 0 radical (unpaired) electrons. The quantitative estimate of drug-likeness (QED) is 0.363. The second-order valence-electron chi connectivity index (χ2n) is 6.85. The Bertz CT molecular complexity index is 1110. The Morgan fingerprint density at radius 3 is 2.71 bits per heavy atom. The van der Waals surface area contributed by atoms with Gasteiger partial charge < -0.3 is 19.9 Å². The fourth-order valence-electron chi connectivity index (χ4n) is 3.06. The molecule has 2 aromatic carbocycles. The number of rotatable bonds is 8. The summed E-state index contributed by atoms with van der Waals surface area (Å²) in [6, 6.07) is 6.32. The number of anilines is 2. The van der Waals surface area contributed by atoms with E-state index in [1.54, 1.807) is 18.2 Å². The number of fused-ring (bicyclic) bond motifs is 1. The summed E-state index contributed by atoms with van der Waals surface area (Å²) < 4.78 is 25.1. The molecule has 8 nitrogen and oxygen atoms in total. The van der Waals surface area contributed by atoms with Crippen molar-refractivity contribution in [2.75, 3.05) is 32.6 Å². The number of ether oxygens (including phenoxy) is 2. The highest BCUT2D eigenvalue weighted by Crippen LogP contribution is 2.36. The van der Waals surface area contributed by atoms with Crippen LogP contribution in [0.2, 0.25) is 0 Å². The zero-order valence-electron chi connectivity index (χ0n) is 17.3. The minimum absolute atomic E-state index is 0.00439. The van der Waals surface area contributed by atoms with Gasteiger partial charge in [-0.1, -0.05) is 0 Å². The van der Waals surface area contributed by atoms with Crippen LogP contribution < -0.4 is 14.8 Å². The van der Waals surface area contributed by atoms with Gasteiger partial charge in [-0.15, -0.1) is 0 Å². The molecule has 164 valence electrons. The van der Waals surface area contributed by atoms with Crippen molar-refractivity contribution in [3.05, 3.63) is 46.4 Å². The number of nitrogens with one attached hydrogen (secondary N) is 1. The van der Waals surface area contributed by atoms with Gasteiger partial charge in [-0.05, 0) is 46.7 Å². The molecule has 3 rings (SSSR count). The normalized spacial score (nSPS) is 11.1. The first kappa shape index (κ1) is 22.9. The van der Waals surface area contributed by atoms with Crippen molar-refractivity contribution < 1.29 is 23.8 Å². The van der Waals surface area contributed by atoms with E-state index in [9.17, 15) is 9.18 Å². The van der Waals surface area contributed by atoms with Crippen LogP contribution in [0.5, 0.6) is 11.5 Å². The first-order valence-corrected chi connectivity index (χ1v) is 10.2. The van der Waals surface area contributed by atoms with Gasteiger partial charge in [-0.3, -0.25) is 9.69 Å². The molecule has 0 aliphatic rings. The van der Waals surface area contributed by atoms with E-state index >= 15 is 0 Å². The number of esters is 1. The molecule has 1 heterocycles. The van der Waals surface area contributed by atoms with Gasteiger partial charge in [0.15, 0.2) is 11.5 Å². The Hall–Kier alpha value is -2.82. The van der Waals surface area contributed by atoms with Crippen molar-refractivity contribution in [2.24, 2.45) is 0 Å². The highest BCUT2D eigenvalue weighted by Gasteiger charge is 2.16. The van der Waals surface area contributed by atoms with Crippen LogP contribution in [0.1, 0.15) is 12.5 Å². The van der Waals surface area contributed by atoms with Gasteiger partial charge in [-0.2, -0.15) is 0 Å². The molecule has 3 aromatic rings. The van der Waals surface area contributed by atoms with Crippen LogP contribution in [0.15, 0.2) is 35.1 Å². The molecule has 0 saturated heterocycles. The number of halogens is 2. The number of hydrogen-bond acceptors (Lipinski definition) is 8. The number of likely N-dealkylation sites (N-methyl/N-ethyl adjacent to an activating group) is 1. The van der Waals surface area contributed by atoms with Gasteiger partial charge in [0.1, 0.15) is 18.0 Å². The second kappa shape index (κ2) is 9.99. The van der Waals surface area contributed by atoms with Crippen molar-refractivity contribution >= 4 is 44.3 Å². The fourth-order valence-corrected chi connectivity index (χ4v) is 3.40. The van der Waals surface area contributed by atoms with Crippen LogP contribution in [0.3, 0.4) is 0 Å². The maximum absolute atomic E-state index is 14.2. The van der Waals surface area contributed by atoms with E-state index in [4.69, 9.17) is 14.6 Å². The van der Waals surface area contributed by atoms with E-state index in [0.29, 0.717) is 51.3 Å². The zero-order valence-corrected chi connectivity index (χ0v) is 18.9. The average molecular weight is 493 g/mol. The summed E-state index contributed by atoms with van der Waals surface area (Å²) in [5.41, 5.74) is 1.88. The Morgan fingerprint density at radius 1 is 1.26 bits per heavy atom. The van der Waals surface area contributed by atoms with Gasteiger partial charge in [0, 0.05) is 37.2 Å². The van der Waals surface area contributed by atoms with E-state index < -0.39 is 11.8 Å². The standard InChI is InChI=1S/C21H22BrFN4O4/c1-12(29)31-20-7-14-18(9-19(20)30-3)24-11-25-21(14)26-17-8-15(22)16(23)6-13(17)10-27(2)4-5-28/h6-9,11,28H,4-5,10H2,1-3H3,(H,24,25,26). The van der Waals surface area contributed by atoms with Crippen LogP contribution in [-0.2, 0) is 11.3 Å². The van der Waals surface area contributed by atoms with Crippen LogP contribution in [-0.4, -0.2) is 53.3 Å². The highest BCUT2D eigenvalue weighted by atomic mass is 79.9. The Labute approximate surface area is 187 Å². The molecular weight excluding hydrogens is 471 g/mol. The zero-order chi connectivity index (χ0) is 22.5. The molecule has 0 spiro atoms. The minimum atomic E-state index is -0.485. The lowest BCUT2D eigenvalue weighted by Crippen LogP contribution is -2.22. The van der Waals surface area contributed by atoms with Crippen LogP contribution in [0.25, 0.3) is 10.9 Å². The molecule has 1 aromatic heterocycles. The summed E-state index contributed by atoms with van der Waals surface area (Å²) in [5, 5.41) is 13.0. The molecule has 31 heavy (non-hydrogen) atoms. The highest BCUT2D eigenvalue weighted by molar-refractivity contribution is 9.10. The number of aromatic nitrogens is 2. The van der Waals surface area contributed by atoms with Gasteiger partial charge in [0.25, 0.3) is 0 Å². The van der Waals surface area contributed by atoms with Gasteiger partial charge in [-0.25, -0.2) is 14.4 Å². The van der Waals surface area contributed by atoms with Crippen LogP contribution in [0.4, 0.5) is 15.9 Å². The second-order valence-corrected chi connectivity index (χ2v) is 7.70. The van der Waals surface area contributed by atoms with Crippen molar-refractivity contribution in [1.29, 1.82) is 0 Å². The predicted molar refractivity (Wildman–Crippen MR) is 118 cm³/mol. The molecule has 0 atom stereocenters. The van der Waals surface area contributed by atoms with Crippen LogP contribution >= 0.6 is 15.9 Å². The number of carbonyl (C=O) groups is 1. The van der Waals surface area contributed by atoms with Gasteiger partial charge in [0.05, 0.1) is 23.7 Å². The number of nitrogens with zero attached hydrogens (tertiary/aromatic N) is 3. The third-order valence-corrected chi connectivity index (χ3v) is 5.10. The van der Waals surface area contributed by atoms with E-state index in [1.165, 1.54) is 26.4 Å². The maximum Gasteiger partial charge on any atom is 0.308 e. The van der Waals surface area contributed by atoms with E-state index in [0.717, 1.165) is 0 Å². The van der Waals surface area contributed by atoms with Crippen molar-refractivity contribution in [1.82, 2.24) is 14.9 Å². The molecular formula is C21H22BrFN4O4. The smallest absolute Gasteiger partial charge is 0.308 e. The first-order chi connectivity index (χ1) is 14.8.